The minimum absolute atomic E-state index is 0.0609. The third-order valence-electron chi connectivity index (χ3n) is 3.76. The molecule has 2 heterocycles. The Labute approximate surface area is 174 Å². The Kier molecular flexibility index (Phi) is 6.53. The van der Waals surface area contributed by atoms with Gasteiger partial charge in [-0.1, -0.05) is 0 Å². The predicted octanol–water partition coefficient (Wildman–Crippen LogP) is 3.25. The summed E-state index contributed by atoms with van der Waals surface area (Å²) in [4.78, 5) is 48.7. The molecule has 1 aromatic carbocycles. The number of amides is 3. The van der Waals surface area contributed by atoms with E-state index in [1.807, 2.05) is 5.38 Å². The number of carbonyl (C=O) groups is 4. The molecule has 9 heteroatoms. The van der Waals surface area contributed by atoms with Crippen LogP contribution in [0.2, 0.25) is 0 Å². The van der Waals surface area contributed by atoms with E-state index in [4.69, 9.17) is 0 Å². The maximum atomic E-state index is 12.3. The fraction of sp³-hybridized carbons (Fsp3) is 0.100. The largest absolute Gasteiger partial charge is 0.343 e. The van der Waals surface area contributed by atoms with Gasteiger partial charge < -0.3 is 16.0 Å². The summed E-state index contributed by atoms with van der Waals surface area (Å²) in [5.74, 6) is -1.84. The van der Waals surface area contributed by atoms with Gasteiger partial charge in [0.1, 0.15) is 0 Å². The second-order valence-electron chi connectivity index (χ2n) is 6.00. The lowest BCUT2D eigenvalue weighted by Crippen LogP contribution is -2.34. The van der Waals surface area contributed by atoms with E-state index in [0.717, 1.165) is 4.88 Å². The van der Waals surface area contributed by atoms with Crippen molar-refractivity contribution in [3.8, 4) is 0 Å². The van der Waals surface area contributed by atoms with Gasteiger partial charge >= 0.3 is 11.8 Å². The van der Waals surface area contributed by atoms with Crippen molar-refractivity contribution in [1.82, 2.24) is 5.32 Å². The van der Waals surface area contributed by atoms with Gasteiger partial charge in [0.25, 0.3) is 0 Å². The van der Waals surface area contributed by atoms with Crippen LogP contribution in [0.5, 0.6) is 0 Å². The normalized spacial score (nSPS) is 10.2. The molecule has 2 aromatic heterocycles. The Balaban J connectivity index is 1.51. The molecule has 0 fully saturated rings. The van der Waals surface area contributed by atoms with Crippen molar-refractivity contribution in [3.63, 3.8) is 0 Å². The number of hydrogen-bond donors (Lipinski definition) is 3. The molecule has 0 bridgehead atoms. The number of anilines is 2. The molecule has 148 valence electrons. The molecule has 0 aliphatic rings. The van der Waals surface area contributed by atoms with Crippen molar-refractivity contribution >= 4 is 57.6 Å². The van der Waals surface area contributed by atoms with Crippen LogP contribution in [0.3, 0.4) is 0 Å². The van der Waals surface area contributed by atoms with Gasteiger partial charge in [-0.2, -0.15) is 11.3 Å². The minimum Gasteiger partial charge on any atom is -0.343 e. The molecule has 3 amide bonds. The van der Waals surface area contributed by atoms with Crippen molar-refractivity contribution in [3.05, 3.63) is 68.5 Å². The average Bonchev–Trinajstić information content (AvgIpc) is 3.39. The van der Waals surface area contributed by atoms with Crippen molar-refractivity contribution in [2.24, 2.45) is 0 Å². The molecule has 29 heavy (non-hydrogen) atoms. The Hall–Kier alpha value is -3.30. The molecule has 0 atom stereocenters. The van der Waals surface area contributed by atoms with Crippen LogP contribution in [-0.2, 0) is 20.9 Å². The van der Waals surface area contributed by atoms with E-state index < -0.39 is 11.8 Å². The third-order valence-corrected chi connectivity index (χ3v) is 5.53. The summed E-state index contributed by atoms with van der Waals surface area (Å²) in [6.45, 7) is 1.55. The third kappa shape index (κ3) is 5.59. The maximum Gasteiger partial charge on any atom is 0.313 e. The molecule has 0 radical (unpaired) electrons. The van der Waals surface area contributed by atoms with Gasteiger partial charge in [-0.15, -0.1) is 11.3 Å². The van der Waals surface area contributed by atoms with Gasteiger partial charge in [-0.3, -0.25) is 19.2 Å². The van der Waals surface area contributed by atoms with Crippen LogP contribution in [0.15, 0.2) is 53.2 Å². The van der Waals surface area contributed by atoms with Crippen LogP contribution in [0, 0.1) is 0 Å². The molecule has 3 N–H and O–H groups in total. The van der Waals surface area contributed by atoms with Crippen molar-refractivity contribution in [2.45, 2.75) is 13.5 Å². The van der Waals surface area contributed by atoms with E-state index in [1.54, 1.807) is 47.8 Å². The van der Waals surface area contributed by atoms with Crippen molar-refractivity contribution in [1.29, 1.82) is 0 Å². The molecule has 3 aromatic rings. The maximum absolute atomic E-state index is 12.3. The molecule has 0 saturated heterocycles. The first-order valence-corrected chi connectivity index (χ1v) is 10.3. The van der Waals surface area contributed by atoms with Gasteiger partial charge in [-0.25, -0.2) is 0 Å². The summed E-state index contributed by atoms with van der Waals surface area (Å²) in [7, 11) is 0. The molecule has 0 unspecified atom stereocenters. The molecule has 7 nitrogen and oxygen atoms in total. The second-order valence-corrected chi connectivity index (χ2v) is 7.95. The Bertz CT molecular complexity index is 1040. The van der Waals surface area contributed by atoms with E-state index in [1.165, 1.54) is 29.6 Å². The lowest BCUT2D eigenvalue weighted by atomic mass is 10.2. The summed E-state index contributed by atoms with van der Waals surface area (Å²) in [6.07, 6.45) is 0. The zero-order valence-electron chi connectivity index (χ0n) is 15.4. The zero-order valence-corrected chi connectivity index (χ0v) is 17.0. The van der Waals surface area contributed by atoms with Gasteiger partial charge in [0.05, 0.1) is 11.4 Å². The Morgan fingerprint density at radius 1 is 0.862 bits per heavy atom. The smallest absolute Gasteiger partial charge is 0.313 e. The average molecular weight is 428 g/mol. The predicted molar refractivity (Wildman–Crippen MR) is 113 cm³/mol. The number of nitrogens with one attached hydrogen (secondary N) is 3. The van der Waals surface area contributed by atoms with Crippen LogP contribution in [0.4, 0.5) is 11.4 Å². The SMILES string of the molecule is CC(=O)Nc1ccc(NC(=O)C(=O)NCc2ccc(C(=O)c3ccsc3)s2)cc1. The molecular weight excluding hydrogens is 410 g/mol. The summed E-state index contributed by atoms with van der Waals surface area (Å²) >= 11 is 2.73. The van der Waals surface area contributed by atoms with Crippen molar-refractivity contribution in [2.75, 3.05) is 10.6 Å². The monoisotopic (exact) mass is 427 g/mol. The number of benzene rings is 1. The van der Waals surface area contributed by atoms with E-state index >= 15 is 0 Å². The van der Waals surface area contributed by atoms with Gasteiger partial charge in [0.15, 0.2) is 0 Å². The summed E-state index contributed by atoms with van der Waals surface area (Å²) in [5, 5.41) is 11.3. The van der Waals surface area contributed by atoms with Gasteiger partial charge in [0.2, 0.25) is 11.7 Å². The first-order valence-electron chi connectivity index (χ1n) is 8.55. The van der Waals surface area contributed by atoms with Crippen LogP contribution in [-0.4, -0.2) is 23.5 Å². The molecule has 0 aliphatic heterocycles. The van der Waals surface area contributed by atoms with E-state index in [-0.39, 0.29) is 18.2 Å². The number of rotatable bonds is 6. The van der Waals surface area contributed by atoms with E-state index in [2.05, 4.69) is 16.0 Å². The summed E-state index contributed by atoms with van der Waals surface area (Å²) in [5.41, 5.74) is 1.65. The standard InChI is InChI=1S/C20H17N3O4S2/c1-12(24)22-14-2-4-15(5-3-14)23-20(27)19(26)21-10-16-6-7-17(29-16)18(25)13-8-9-28-11-13/h2-9,11H,10H2,1H3,(H,21,26)(H,22,24)(H,23,27). The topological polar surface area (TPSA) is 104 Å². The first-order chi connectivity index (χ1) is 13.9. The van der Waals surface area contributed by atoms with E-state index in [9.17, 15) is 19.2 Å². The minimum atomic E-state index is -0.802. The fourth-order valence-corrected chi connectivity index (χ4v) is 3.95. The number of thiophene rings is 2. The molecule has 0 saturated carbocycles. The summed E-state index contributed by atoms with van der Waals surface area (Å²) < 4.78 is 0. The van der Waals surface area contributed by atoms with Crippen LogP contribution in [0.25, 0.3) is 0 Å². The van der Waals surface area contributed by atoms with Crippen LogP contribution < -0.4 is 16.0 Å². The summed E-state index contributed by atoms with van der Waals surface area (Å²) in [6, 6.07) is 11.6. The van der Waals surface area contributed by atoms with Gasteiger partial charge in [-0.05, 0) is 47.8 Å². The fourth-order valence-electron chi connectivity index (χ4n) is 2.41. The van der Waals surface area contributed by atoms with Gasteiger partial charge in [0, 0.05) is 34.1 Å². The zero-order chi connectivity index (χ0) is 20.8. The highest BCUT2D eigenvalue weighted by Crippen LogP contribution is 2.21. The molecular formula is C20H17N3O4S2. The Morgan fingerprint density at radius 2 is 1.55 bits per heavy atom. The number of carbonyl (C=O) groups excluding carboxylic acids is 4. The quantitative estimate of drug-likeness (QED) is 0.415. The van der Waals surface area contributed by atoms with Crippen LogP contribution in [0.1, 0.15) is 27.0 Å². The highest BCUT2D eigenvalue weighted by molar-refractivity contribution is 7.14. The lowest BCUT2D eigenvalue weighted by molar-refractivity contribution is -0.136. The number of ketones is 1. The molecule has 0 spiro atoms. The van der Waals surface area contributed by atoms with E-state index in [0.29, 0.717) is 21.8 Å². The highest BCUT2D eigenvalue weighted by atomic mass is 32.1. The first kappa shape index (κ1) is 20.4. The van der Waals surface area contributed by atoms with Crippen molar-refractivity contribution < 1.29 is 19.2 Å². The van der Waals surface area contributed by atoms with Crippen LogP contribution >= 0.6 is 22.7 Å². The molecule has 0 aliphatic carbocycles. The molecule has 3 rings (SSSR count). The second kappa shape index (κ2) is 9.26. The number of hydrogen-bond acceptors (Lipinski definition) is 6. The highest BCUT2D eigenvalue weighted by Gasteiger charge is 2.16. The Morgan fingerprint density at radius 3 is 2.17 bits per heavy atom. The lowest BCUT2D eigenvalue weighted by Gasteiger charge is -2.07.